The number of rotatable bonds is 4. The van der Waals surface area contributed by atoms with Gasteiger partial charge in [-0.2, -0.15) is 0 Å². The molecule has 6 nitrogen and oxygen atoms in total. The van der Waals surface area contributed by atoms with Gasteiger partial charge in [0.2, 0.25) is 11.8 Å². The van der Waals surface area contributed by atoms with Crippen LogP contribution in [0.3, 0.4) is 0 Å². The highest BCUT2D eigenvalue weighted by Crippen LogP contribution is 2.46. The van der Waals surface area contributed by atoms with Crippen molar-refractivity contribution in [2.75, 3.05) is 4.90 Å². The lowest BCUT2D eigenvalue weighted by molar-refractivity contribution is -0.117. The van der Waals surface area contributed by atoms with Gasteiger partial charge in [0.15, 0.2) is 11.6 Å². The van der Waals surface area contributed by atoms with Gasteiger partial charge in [-0.3, -0.25) is 4.79 Å². The minimum absolute atomic E-state index is 0.179. The average molecular weight is 513 g/mol. The third-order valence-corrected chi connectivity index (χ3v) is 7.47. The minimum atomic E-state index is -2.79. The van der Waals surface area contributed by atoms with Crippen LogP contribution in [-0.2, 0) is 4.79 Å². The van der Waals surface area contributed by atoms with Crippen LogP contribution in [0.15, 0.2) is 40.9 Å². The van der Waals surface area contributed by atoms with Crippen molar-refractivity contribution in [3.05, 3.63) is 65.3 Å². The first-order chi connectivity index (χ1) is 17.6. The number of anilines is 1. The summed E-state index contributed by atoms with van der Waals surface area (Å²) in [5.74, 6) is -4.02. The molecule has 1 aliphatic carbocycles. The van der Waals surface area contributed by atoms with Gasteiger partial charge in [0, 0.05) is 42.6 Å². The lowest BCUT2D eigenvalue weighted by Crippen LogP contribution is -2.30. The van der Waals surface area contributed by atoms with Crippen molar-refractivity contribution in [1.29, 1.82) is 0 Å². The van der Waals surface area contributed by atoms with Crippen LogP contribution in [0, 0.1) is 25.5 Å². The van der Waals surface area contributed by atoms with E-state index in [2.05, 4.69) is 5.16 Å². The summed E-state index contributed by atoms with van der Waals surface area (Å²) in [4.78, 5) is 19.2. The number of aromatic nitrogens is 3. The number of benzene rings is 2. The summed E-state index contributed by atoms with van der Waals surface area (Å²) in [5, 5.41) is 4.02. The average Bonchev–Trinajstić information content (AvgIpc) is 3.59. The fourth-order valence-electron chi connectivity index (χ4n) is 5.82. The van der Waals surface area contributed by atoms with Gasteiger partial charge in [0.1, 0.15) is 11.6 Å². The van der Waals surface area contributed by atoms with Crippen LogP contribution < -0.4 is 4.90 Å². The number of nitrogens with zero attached hydrogens (tertiary/aromatic N) is 4. The van der Waals surface area contributed by atoms with Crippen LogP contribution in [0.2, 0.25) is 0 Å². The maximum Gasteiger partial charge on any atom is 0.250 e. The molecule has 0 N–H and O–H groups in total. The number of amides is 1. The molecule has 1 saturated carbocycles. The highest BCUT2D eigenvalue weighted by Gasteiger charge is 2.44. The first-order valence-corrected chi connectivity index (χ1v) is 12.2. The predicted molar refractivity (Wildman–Crippen MR) is 128 cm³/mol. The Morgan fingerprint density at radius 3 is 2.54 bits per heavy atom. The molecule has 4 aromatic rings. The zero-order valence-corrected chi connectivity index (χ0v) is 20.3. The molecule has 10 heteroatoms. The highest BCUT2D eigenvalue weighted by atomic mass is 19.3. The third kappa shape index (κ3) is 3.89. The van der Waals surface area contributed by atoms with Gasteiger partial charge in [-0.15, -0.1) is 0 Å². The van der Waals surface area contributed by atoms with E-state index in [1.807, 2.05) is 36.6 Å². The smallest absolute Gasteiger partial charge is 0.250 e. The lowest BCUT2D eigenvalue weighted by Gasteiger charge is -2.27. The lowest BCUT2D eigenvalue weighted by atomic mass is 10.0. The number of hydrogen-bond donors (Lipinski definition) is 0. The molecular formula is C27H24F4N4O2. The van der Waals surface area contributed by atoms with Crippen molar-refractivity contribution in [3.8, 4) is 11.1 Å². The topological polar surface area (TPSA) is 64.2 Å². The Morgan fingerprint density at radius 1 is 1.05 bits per heavy atom. The normalized spacial score (nSPS) is 21.5. The quantitative estimate of drug-likeness (QED) is 0.282. The van der Waals surface area contributed by atoms with E-state index in [0.29, 0.717) is 29.0 Å². The zero-order chi connectivity index (χ0) is 26.1. The number of aryl methyl sites for hydroxylation is 2. The molecule has 0 unspecified atom stereocenters. The van der Waals surface area contributed by atoms with Crippen LogP contribution in [0.4, 0.5) is 23.2 Å². The maximum absolute atomic E-state index is 14.3. The molecule has 2 aromatic carbocycles. The molecule has 3 heterocycles. The Labute approximate surface area is 209 Å². The number of carbonyl (C=O) groups excluding carboxylic acids is 1. The van der Waals surface area contributed by atoms with Crippen LogP contribution in [-0.4, -0.2) is 26.5 Å². The molecule has 2 aliphatic rings. The summed E-state index contributed by atoms with van der Waals surface area (Å²) < 4.78 is 63.5. The van der Waals surface area contributed by atoms with Crippen molar-refractivity contribution in [2.45, 2.75) is 64.0 Å². The molecule has 0 spiro atoms. The minimum Gasteiger partial charge on any atom is -0.361 e. The second-order valence-electron chi connectivity index (χ2n) is 9.91. The van der Waals surface area contributed by atoms with E-state index in [1.54, 1.807) is 0 Å². The van der Waals surface area contributed by atoms with Gasteiger partial charge in [-0.1, -0.05) is 11.2 Å². The van der Waals surface area contributed by atoms with Gasteiger partial charge in [-0.05, 0) is 56.5 Å². The standard InChI is InChI=1S/C27H24F4N4O2/c1-14-25(15(2)37-33-14)16-3-6-22-21(11-16)32-26(35(22)18-9-10-27(30,31)13-18)23-7-8-24(36)34(23)17-4-5-19(28)20(29)12-17/h3-6,11-12,18,23H,7-10,13H2,1-2H3/t18-,23+/m1/s1. The number of halogens is 4. The van der Waals surface area contributed by atoms with Crippen molar-refractivity contribution in [1.82, 2.24) is 14.7 Å². The molecule has 0 radical (unpaired) electrons. The summed E-state index contributed by atoms with van der Waals surface area (Å²) in [6.07, 6.45) is 0.259. The molecule has 2 aromatic heterocycles. The van der Waals surface area contributed by atoms with Crippen LogP contribution in [0.5, 0.6) is 0 Å². The van der Waals surface area contributed by atoms with Gasteiger partial charge in [0.25, 0.3) is 0 Å². The van der Waals surface area contributed by atoms with E-state index >= 15 is 0 Å². The summed E-state index contributed by atoms with van der Waals surface area (Å²) in [7, 11) is 0. The van der Waals surface area contributed by atoms with E-state index in [4.69, 9.17) is 9.51 Å². The van der Waals surface area contributed by atoms with E-state index in [1.165, 1.54) is 11.0 Å². The SMILES string of the molecule is Cc1noc(C)c1-c1ccc2c(c1)nc([C@@H]1CCC(=O)N1c1ccc(F)c(F)c1)n2[C@@H]1CCC(F)(F)C1. The van der Waals surface area contributed by atoms with Gasteiger partial charge < -0.3 is 14.0 Å². The summed E-state index contributed by atoms with van der Waals surface area (Å²) in [6.45, 7) is 3.65. The fourth-order valence-corrected chi connectivity index (χ4v) is 5.82. The number of alkyl halides is 2. The van der Waals surface area contributed by atoms with Gasteiger partial charge in [0.05, 0.1) is 22.8 Å². The van der Waals surface area contributed by atoms with Crippen molar-refractivity contribution in [2.24, 2.45) is 0 Å². The molecule has 6 rings (SSSR count). The monoisotopic (exact) mass is 512 g/mol. The van der Waals surface area contributed by atoms with E-state index in [9.17, 15) is 22.4 Å². The van der Waals surface area contributed by atoms with Crippen molar-refractivity contribution in [3.63, 3.8) is 0 Å². The van der Waals surface area contributed by atoms with Crippen molar-refractivity contribution < 1.29 is 26.9 Å². The van der Waals surface area contributed by atoms with E-state index in [0.717, 1.165) is 29.0 Å². The Bertz CT molecular complexity index is 1520. The van der Waals surface area contributed by atoms with Gasteiger partial charge in [-0.25, -0.2) is 22.5 Å². The summed E-state index contributed by atoms with van der Waals surface area (Å²) in [6, 6.07) is 7.79. The number of fused-ring (bicyclic) bond motifs is 1. The highest BCUT2D eigenvalue weighted by molar-refractivity contribution is 5.96. The Kier molecular flexibility index (Phi) is 5.40. The molecule has 1 amide bonds. The Balaban J connectivity index is 1.52. The number of carbonyl (C=O) groups is 1. The number of imidazole rings is 1. The second kappa shape index (κ2) is 8.43. The number of hydrogen-bond acceptors (Lipinski definition) is 4. The molecule has 2 atom stereocenters. The third-order valence-electron chi connectivity index (χ3n) is 7.47. The molecular weight excluding hydrogens is 488 g/mol. The molecule has 1 aliphatic heterocycles. The first kappa shape index (κ1) is 23.7. The largest absolute Gasteiger partial charge is 0.361 e. The van der Waals surface area contributed by atoms with E-state index in [-0.39, 0.29) is 37.3 Å². The van der Waals surface area contributed by atoms with Crippen molar-refractivity contribution >= 4 is 22.6 Å². The summed E-state index contributed by atoms with van der Waals surface area (Å²) >= 11 is 0. The van der Waals surface area contributed by atoms with E-state index < -0.39 is 29.6 Å². The zero-order valence-electron chi connectivity index (χ0n) is 20.3. The van der Waals surface area contributed by atoms with Crippen LogP contribution >= 0.6 is 0 Å². The first-order valence-electron chi connectivity index (χ1n) is 12.2. The molecule has 2 fully saturated rings. The molecule has 1 saturated heterocycles. The Morgan fingerprint density at radius 2 is 1.86 bits per heavy atom. The fraction of sp³-hybridized carbons (Fsp3) is 0.370. The van der Waals surface area contributed by atoms with Crippen LogP contribution in [0.1, 0.15) is 61.5 Å². The van der Waals surface area contributed by atoms with Gasteiger partial charge >= 0.3 is 0 Å². The molecule has 0 bridgehead atoms. The molecule has 192 valence electrons. The predicted octanol–water partition coefficient (Wildman–Crippen LogP) is 6.81. The molecule has 37 heavy (non-hydrogen) atoms. The van der Waals surface area contributed by atoms with Crippen LogP contribution in [0.25, 0.3) is 22.2 Å². The maximum atomic E-state index is 14.3. The Hall–Kier alpha value is -3.69. The second-order valence-corrected chi connectivity index (χ2v) is 9.91. The summed E-state index contributed by atoms with van der Waals surface area (Å²) in [5.41, 5.74) is 3.86.